The van der Waals surface area contributed by atoms with Gasteiger partial charge in [-0.15, -0.1) is 0 Å². The van der Waals surface area contributed by atoms with Gasteiger partial charge in [0.1, 0.15) is 18.0 Å². The van der Waals surface area contributed by atoms with Crippen molar-refractivity contribution in [3.05, 3.63) is 16.7 Å². The summed E-state index contributed by atoms with van der Waals surface area (Å²) in [5, 5.41) is 11.7. The van der Waals surface area contributed by atoms with Crippen LogP contribution in [0.15, 0.2) is 6.07 Å². The van der Waals surface area contributed by atoms with Crippen LogP contribution in [0, 0.1) is 0 Å². The van der Waals surface area contributed by atoms with Crippen LogP contribution in [0.2, 0.25) is 5.02 Å². The molecule has 0 aromatic carbocycles. The number of aromatic nitrogens is 1. The molecule has 10 nitrogen and oxygen atoms in total. The van der Waals surface area contributed by atoms with E-state index in [1.807, 2.05) is 0 Å². The minimum Gasteiger partial charge on any atom is -0.480 e. The Balaban J connectivity index is 1.95. The summed E-state index contributed by atoms with van der Waals surface area (Å²) in [7, 11) is 2.98. The van der Waals surface area contributed by atoms with Crippen LogP contribution >= 0.6 is 11.6 Å². The second-order valence-corrected chi connectivity index (χ2v) is 6.71. The third-order valence-corrected chi connectivity index (χ3v) is 4.75. The molecule has 11 heteroatoms. The number of carbonyl (C=O) groups excluding carboxylic acids is 1. The number of methoxy groups -OCH3 is 2. The van der Waals surface area contributed by atoms with Gasteiger partial charge in [-0.1, -0.05) is 11.6 Å². The number of halogens is 1. The maximum absolute atomic E-state index is 12.7. The number of carboxylic acid groups (broad SMARTS) is 1. The summed E-state index contributed by atoms with van der Waals surface area (Å²) in [6.07, 6.45) is 0.419. The van der Waals surface area contributed by atoms with Gasteiger partial charge in [0.05, 0.1) is 30.9 Å². The van der Waals surface area contributed by atoms with Crippen LogP contribution in [-0.2, 0) is 14.3 Å². The van der Waals surface area contributed by atoms with E-state index >= 15 is 0 Å². The molecule has 2 rings (SSSR count). The molecule has 28 heavy (non-hydrogen) atoms. The number of rotatable bonds is 9. The Hall–Kier alpha value is -2.14. The van der Waals surface area contributed by atoms with Gasteiger partial charge in [0.25, 0.3) is 5.91 Å². The number of likely N-dealkylation sites (tertiary alicyclic amines) is 1. The van der Waals surface area contributed by atoms with E-state index in [-0.39, 0.29) is 46.9 Å². The lowest BCUT2D eigenvalue weighted by Crippen LogP contribution is -2.55. The fraction of sp³-hybridized carbons (Fsp3) is 0.588. The van der Waals surface area contributed by atoms with Gasteiger partial charge >= 0.3 is 5.97 Å². The van der Waals surface area contributed by atoms with Gasteiger partial charge in [-0.3, -0.25) is 9.69 Å². The predicted octanol–water partition coefficient (Wildman–Crippen LogP) is 0.246. The Kier molecular flexibility index (Phi) is 8.24. The van der Waals surface area contributed by atoms with E-state index in [9.17, 15) is 9.59 Å². The molecule has 4 N–H and O–H groups in total. The molecule has 0 radical (unpaired) electrons. The number of nitrogens with zero attached hydrogens (tertiary/aromatic N) is 2. The van der Waals surface area contributed by atoms with Crippen molar-refractivity contribution < 1.29 is 28.9 Å². The van der Waals surface area contributed by atoms with Crippen molar-refractivity contribution >= 4 is 29.3 Å². The summed E-state index contributed by atoms with van der Waals surface area (Å²) in [6.45, 7) is 1.86. The van der Waals surface area contributed by atoms with E-state index in [2.05, 4.69) is 15.2 Å². The van der Waals surface area contributed by atoms with E-state index in [1.165, 1.54) is 13.2 Å². The fourth-order valence-electron chi connectivity index (χ4n) is 2.99. The molecule has 0 spiro atoms. The molecule has 1 aromatic heterocycles. The normalized spacial score (nSPS) is 20.0. The first-order valence-corrected chi connectivity index (χ1v) is 9.09. The number of nitrogens with two attached hydrogens (primary N) is 1. The van der Waals surface area contributed by atoms with Gasteiger partial charge in [-0.25, -0.2) is 4.79 Å². The largest absolute Gasteiger partial charge is 0.480 e. The molecule has 2 atom stereocenters. The third-order valence-electron chi connectivity index (χ3n) is 4.45. The summed E-state index contributed by atoms with van der Waals surface area (Å²) < 4.78 is 15.7. The number of carbonyl (C=O) groups is 2. The van der Waals surface area contributed by atoms with Crippen LogP contribution in [-0.4, -0.2) is 86.1 Å². The number of hydrogen-bond donors (Lipinski definition) is 3. The fourth-order valence-corrected chi connectivity index (χ4v) is 3.14. The highest BCUT2D eigenvalue weighted by atomic mass is 35.5. The molecule has 1 saturated heterocycles. The van der Waals surface area contributed by atoms with Crippen LogP contribution in [0.3, 0.4) is 0 Å². The maximum Gasteiger partial charge on any atom is 0.329 e. The Bertz CT molecular complexity index is 704. The monoisotopic (exact) mass is 416 g/mol. The Labute approximate surface area is 167 Å². The van der Waals surface area contributed by atoms with Crippen LogP contribution < -0.4 is 15.8 Å². The van der Waals surface area contributed by atoms with E-state index in [0.717, 1.165) is 0 Å². The van der Waals surface area contributed by atoms with Crippen molar-refractivity contribution in [1.29, 1.82) is 0 Å². The summed E-state index contributed by atoms with van der Waals surface area (Å²) in [4.78, 5) is 29.2. The molecule has 0 bridgehead atoms. The van der Waals surface area contributed by atoms with Crippen molar-refractivity contribution in [3.8, 4) is 5.88 Å². The van der Waals surface area contributed by atoms with Crippen LogP contribution in [0.5, 0.6) is 5.88 Å². The molecule has 2 unspecified atom stereocenters. The number of hydrogen-bond acceptors (Lipinski definition) is 8. The van der Waals surface area contributed by atoms with Gasteiger partial charge in [-0.2, -0.15) is 4.98 Å². The maximum atomic E-state index is 12.7. The highest BCUT2D eigenvalue weighted by Crippen LogP contribution is 2.25. The SMILES string of the molecule is COc1nc(N)c(Cl)cc1C(=O)NC1CCN(CCOCC(=O)O)CC1OC. The minimum atomic E-state index is -0.996. The first-order valence-electron chi connectivity index (χ1n) is 8.71. The summed E-state index contributed by atoms with van der Waals surface area (Å²) in [5.74, 6) is -1.19. The summed E-state index contributed by atoms with van der Waals surface area (Å²) >= 11 is 5.98. The zero-order valence-electron chi connectivity index (χ0n) is 15.8. The molecule has 1 fully saturated rings. The van der Waals surface area contributed by atoms with E-state index in [0.29, 0.717) is 32.7 Å². The van der Waals surface area contributed by atoms with Crippen molar-refractivity contribution in [3.63, 3.8) is 0 Å². The lowest BCUT2D eigenvalue weighted by Gasteiger charge is -2.38. The minimum absolute atomic E-state index is 0.0864. The number of piperidine rings is 1. The Morgan fingerprint density at radius 2 is 2.21 bits per heavy atom. The Morgan fingerprint density at radius 3 is 2.86 bits per heavy atom. The second-order valence-electron chi connectivity index (χ2n) is 6.30. The molecule has 156 valence electrons. The topological polar surface area (TPSA) is 136 Å². The quantitative estimate of drug-likeness (QED) is 0.483. The predicted molar refractivity (Wildman–Crippen MR) is 102 cm³/mol. The van der Waals surface area contributed by atoms with Crippen LogP contribution in [0.4, 0.5) is 5.82 Å². The zero-order valence-corrected chi connectivity index (χ0v) is 16.6. The number of anilines is 1. The molecular weight excluding hydrogens is 392 g/mol. The van der Waals surface area contributed by atoms with E-state index < -0.39 is 5.97 Å². The molecule has 1 aliphatic rings. The van der Waals surface area contributed by atoms with Crippen molar-refractivity contribution in [2.24, 2.45) is 0 Å². The average molecular weight is 417 g/mol. The average Bonchev–Trinajstić information content (AvgIpc) is 2.67. The number of ether oxygens (including phenoxy) is 3. The highest BCUT2D eigenvalue weighted by molar-refractivity contribution is 6.33. The first kappa shape index (κ1) is 22.2. The number of pyridine rings is 1. The van der Waals surface area contributed by atoms with E-state index in [1.54, 1.807) is 7.11 Å². The molecular formula is C17H25ClN4O6. The standard InChI is InChI=1S/C17H25ClN4O6/c1-26-13-8-22(5-6-28-9-14(23)24)4-3-12(13)20-16(25)10-7-11(18)15(19)21-17(10)27-2/h7,12-13H,3-6,8-9H2,1-2H3,(H2,19,21)(H,20,25)(H,23,24). The van der Waals surface area contributed by atoms with Gasteiger partial charge in [0.2, 0.25) is 5.88 Å². The van der Waals surface area contributed by atoms with Crippen molar-refractivity contribution in [2.45, 2.75) is 18.6 Å². The van der Waals surface area contributed by atoms with Gasteiger partial charge in [-0.05, 0) is 12.5 Å². The molecule has 1 aromatic rings. The third kappa shape index (κ3) is 5.93. The van der Waals surface area contributed by atoms with E-state index in [4.69, 9.17) is 36.7 Å². The number of carboxylic acids is 1. The summed E-state index contributed by atoms with van der Waals surface area (Å²) in [6, 6.07) is 1.21. The highest BCUT2D eigenvalue weighted by Gasteiger charge is 2.31. The number of amides is 1. The lowest BCUT2D eigenvalue weighted by atomic mass is 10.0. The molecule has 1 amide bonds. The Morgan fingerprint density at radius 1 is 1.46 bits per heavy atom. The lowest BCUT2D eigenvalue weighted by molar-refractivity contribution is -0.142. The van der Waals surface area contributed by atoms with Crippen molar-refractivity contribution in [2.75, 3.05) is 52.8 Å². The van der Waals surface area contributed by atoms with Crippen LogP contribution in [0.1, 0.15) is 16.8 Å². The molecule has 0 saturated carbocycles. The van der Waals surface area contributed by atoms with Gasteiger partial charge in [0, 0.05) is 26.7 Å². The van der Waals surface area contributed by atoms with Gasteiger partial charge in [0.15, 0.2) is 0 Å². The van der Waals surface area contributed by atoms with Crippen LogP contribution in [0.25, 0.3) is 0 Å². The molecule has 1 aliphatic heterocycles. The zero-order chi connectivity index (χ0) is 20.7. The number of nitrogen functional groups attached to an aromatic ring is 1. The first-order chi connectivity index (χ1) is 13.3. The van der Waals surface area contributed by atoms with Gasteiger partial charge < -0.3 is 30.4 Å². The second kappa shape index (κ2) is 10.4. The summed E-state index contributed by atoms with van der Waals surface area (Å²) in [5.41, 5.74) is 5.85. The molecule has 0 aliphatic carbocycles. The van der Waals surface area contributed by atoms with Crippen molar-refractivity contribution in [1.82, 2.24) is 15.2 Å². The number of nitrogens with one attached hydrogen (secondary N) is 1. The number of aliphatic carboxylic acids is 1. The smallest absolute Gasteiger partial charge is 0.329 e. The molecule has 2 heterocycles.